The van der Waals surface area contributed by atoms with Gasteiger partial charge in [0.05, 0.1) is 33.4 Å². The number of H-pyrrole nitrogens is 1. The molecule has 0 aliphatic carbocycles. The number of aromatic nitrogens is 4. The number of thiophene rings is 1. The lowest BCUT2D eigenvalue weighted by Crippen LogP contribution is -2.49. The number of benzene rings is 1. The van der Waals surface area contributed by atoms with Crippen molar-refractivity contribution < 1.29 is 28.2 Å². The molecule has 0 bridgehead atoms. The molecule has 10 nitrogen and oxygen atoms in total. The number of anilines is 2. The van der Waals surface area contributed by atoms with Crippen molar-refractivity contribution in [1.82, 2.24) is 19.7 Å². The number of fused-ring (bicyclic) bond motifs is 2. The van der Waals surface area contributed by atoms with E-state index in [2.05, 4.69) is 20.5 Å². The zero-order chi connectivity index (χ0) is 25.8. The van der Waals surface area contributed by atoms with Crippen molar-refractivity contribution in [2.45, 2.75) is 38.5 Å². The van der Waals surface area contributed by atoms with Crippen LogP contribution in [0.2, 0.25) is 0 Å². The van der Waals surface area contributed by atoms with Crippen LogP contribution in [0, 0.1) is 0 Å². The molecule has 2 amide bonds. The van der Waals surface area contributed by atoms with Gasteiger partial charge < -0.3 is 19.3 Å². The molecule has 1 aliphatic rings. The third-order valence-corrected chi connectivity index (χ3v) is 6.90. The van der Waals surface area contributed by atoms with Gasteiger partial charge >= 0.3 is 12.0 Å². The van der Waals surface area contributed by atoms with Gasteiger partial charge in [-0.3, -0.25) is 20.0 Å². The Morgan fingerprint density at radius 3 is 2.81 bits per heavy atom. The first kappa shape index (κ1) is 23.9. The number of aliphatic hydroxyl groups is 1. The van der Waals surface area contributed by atoms with E-state index in [0.29, 0.717) is 15.9 Å². The van der Waals surface area contributed by atoms with E-state index in [9.17, 15) is 23.5 Å². The predicted octanol–water partition coefficient (Wildman–Crippen LogP) is 3.85. The molecule has 0 unspecified atom stereocenters. The topological polar surface area (TPSA) is 125 Å². The van der Waals surface area contributed by atoms with Crippen LogP contribution in [0.3, 0.4) is 0 Å². The Bertz CT molecular complexity index is 1470. The Hall–Kier alpha value is -3.84. The molecule has 5 rings (SSSR count). The average Bonchev–Trinajstić information content (AvgIpc) is 3.54. The van der Waals surface area contributed by atoms with Gasteiger partial charge in [-0.05, 0) is 38.5 Å². The summed E-state index contributed by atoms with van der Waals surface area (Å²) in [6.45, 7) is 3.50. The van der Waals surface area contributed by atoms with E-state index in [4.69, 9.17) is 4.74 Å². The molecule has 0 saturated carbocycles. The summed E-state index contributed by atoms with van der Waals surface area (Å²) in [5.41, 5.74) is 0.704. The highest BCUT2D eigenvalue weighted by Gasteiger charge is 2.49. The number of aryl methyl sites for hydroxylation is 1. The summed E-state index contributed by atoms with van der Waals surface area (Å²) < 4.78 is 34.5. The van der Waals surface area contributed by atoms with Gasteiger partial charge in [-0.1, -0.05) is 0 Å². The zero-order valence-corrected chi connectivity index (χ0v) is 20.3. The fraction of sp³-hybridized carbons (Fsp3) is 0.304. The molecule has 1 aliphatic heterocycles. The van der Waals surface area contributed by atoms with Gasteiger partial charge in [0.2, 0.25) is 5.95 Å². The molecule has 0 radical (unpaired) electrons. The normalized spacial score (nSPS) is 15.2. The Morgan fingerprint density at radius 2 is 2.11 bits per heavy atom. The summed E-state index contributed by atoms with van der Waals surface area (Å²) in [7, 11) is 1.23. The minimum absolute atomic E-state index is 0.131. The van der Waals surface area contributed by atoms with Gasteiger partial charge in [0.25, 0.3) is 5.91 Å². The minimum atomic E-state index is -4.00. The number of nitrogens with zero attached hydrogens (tertiary/aromatic N) is 4. The molecule has 4 aromatic rings. The second-order valence-corrected chi connectivity index (χ2v) is 10.1. The van der Waals surface area contributed by atoms with Gasteiger partial charge in [0.1, 0.15) is 0 Å². The Balaban J connectivity index is 1.53. The molecular weight excluding hydrogens is 494 g/mol. The maximum absolute atomic E-state index is 14.1. The number of hydrogen-bond acceptors (Lipinski definition) is 7. The third kappa shape index (κ3) is 4.31. The van der Waals surface area contributed by atoms with Gasteiger partial charge in [0.15, 0.2) is 5.75 Å². The lowest BCUT2D eigenvalue weighted by molar-refractivity contribution is -0.192. The number of aromatic amines is 1. The highest BCUT2D eigenvalue weighted by Crippen LogP contribution is 2.41. The largest absolute Gasteiger partial charge is 0.482 e. The van der Waals surface area contributed by atoms with E-state index >= 15 is 0 Å². The van der Waals surface area contributed by atoms with Gasteiger partial charge in [0, 0.05) is 36.3 Å². The number of ether oxygens (including phenoxy) is 1. The number of imidazole rings is 1. The van der Waals surface area contributed by atoms with Crippen LogP contribution >= 0.6 is 11.3 Å². The van der Waals surface area contributed by atoms with Crippen LogP contribution in [0.15, 0.2) is 36.7 Å². The van der Waals surface area contributed by atoms with Crippen LogP contribution < -0.4 is 15.0 Å². The SMILES string of the molecule is CN1C(=O)C(F)(F)Oc2cc3c(cc21)nc(NC(=O)c1ccc(-c2cn[nH]c2)s1)n3CCC(C)(C)O. The van der Waals surface area contributed by atoms with E-state index in [-0.39, 0.29) is 30.4 Å². The van der Waals surface area contributed by atoms with Crippen LogP contribution in [0.1, 0.15) is 29.9 Å². The van der Waals surface area contributed by atoms with Crippen LogP contribution in [0.5, 0.6) is 5.75 Å². The number of halogens is 2. The van der Waals surface area contributed by atoms with Crippen LogP contribution in [0.25, 0.3) is 21.5 Å². The monoisotopic (exact) mass is 516 g/mol. The van der Waals surface area contributed by atoms with Crippen molar-refractivity contribution in [1.29, 1.82) is 0 Å². The Morgan fingerprint density at radius 1 is 1.33 bits per heavy atom. The van der Waals surface area contributed by atoms with Gasteiger partial charge in [-0.15, -0.1) is 11.3 Å². The predicted molar refractivity (Wildman–Crippen MR) is 129 cm³/mol. The Kier molecular flexibility index (Phi) is 5.56. The molecular formula is C23H22F2N6O4S. The maximum Gasteiger partial charge on any atom is 0.482 e. The van der Waals surface area contributed by atoms with Crippen molar-refractivity contribution in [3.8, 4) is 16.2 Å². The highest BCUT2D eigenvalue weighted by molar-refractivity contribution is 7.17. The van der Waals surface area contributed by atoms with E-state index in [1.54, 1.807) is 42.9 Å². The number of likely N-dealkylation sites (N-methyl/N-ethyl adjacent to an activating group) is 1. The Labute approximate surface area is 207 Å². The van der Waals surface area contributed by atoms with Gasteiger partial charge in [-0.2, -0.15) is 13.9 Å². The smallest absolute Gasteiger partial charge is 0.423 e. The number of nitrogens with one attached hydrogen (secondary N) is 2. The van der Waals surface area contributed by atoms with E-state index in [0.717, 1.165) is 15.3 Å². The number of amides is 2. The molecule has 4 heterocycles. The van der Waals surface area contributed by atoms with Crippen molar-refractivity contribution in [3.63, 3.8) is 0 Å². The maximum atomic E-state index is 14.1. The lowest BCUT2D eigenvalue weighted by Gasteiger charge is -2.30. The molecule has 0 fully saturated rings. The number of carbonyl (C=O) groups is 2. The van der Waals surface area contributed by atoms with Crippen LogP contribution in [0.4, 0.5) is 20.4 Å². The minimum Gasteiger partial charge on any atom is -0.423 e. The standard InChI is InChI=1S/C23H22F2N6O4S/c1-22(2,34)6-7-31-14-9-16-15(30(3)20(33)23(24,25)35-16)8-13(14)28-21(31)29-19(32)18-5-4-17(36-18)12-10-26-27-11-12/h4-5,8-11,34H,6-7H2,1-3H3,(H,26,27)(H,28,29,32). The fourth-order valence-corrected chi connectivity index (χ4v) is 4.72. The molecule has 1 aromatic carbocycles. The summed E-state index contributed by atoms with van der Waals surface area (Å²) in [5.74, 6) is -1.93. The second kappa shape index (κ2) is 8.38. The zero-order valence-electron chi connectivity index (χ0n) is 19.5. The summed E-state index contributed by atoms with van der Waals surface area (Å²) in [6, 6.07) is 6.30. The first-order valence-corrected chi connectivity index (χ1v) is 11.8. The summed E-state index contributed by atoms with van der Waals surface area (Å²) in [5, 5.41) is 19.7. The van der Waals surface area contributed by atoms with Crippen molar-refractivity contribution in [2.24, 2.45) is 0 Å². The highest BCUT2D eigenvalue weighted by atomic mass is 32.1. The molecule has 3 aromatic heterocycles. The van der Waals surface area contributed by atoms with Crippen molar-refractivity contribution >= 4 is 45.8 Å². The first-order chi connectivity index (χ1) is 16.9. The van der Waals surface area contributed by atoms with Crippen molar-refractivity contribution in [3.05, 3.63) is 41.5 Å². The molecule has 0 saturated heterocycles. The molecule has 0 atom stereocenters. The van der Waals surface area contributed by atoms with E-state index in [1.807, 2.05) is 0 Å². The number of alkyl halides is 2. The van der Waals surface area contributed by atoms with Crippen LogP contribution in [-0.4, -0.2) is 55.4 Å². The first-order valence-electron chi connectivity index (χ1n) is 10.9. The van der Waals surface area contributed by atoms with E-state index in [1.165, 1.54) is 30.5 Å². The number of rotatable bonds is 6. The summed E-state index contributed by atoms with van der Waals surface area (Å²) >= 11 is 1.27. The lowest BCUT2D eigenvalue weighted by atomic mass is 10.1. The molecule has 3 N–H and O–H groups in total. The number of carbonyl (C=O) groups excluding carboxylic acids is 2. The summed E-state index contributed by atoms with van der Waals surface area (Å²) in [6.07, 6.45) is -0.342. The average molecular weight is 517 g/mol. The third-order valence-electron chi connectivity index (χ3n) is 5.77. The van der Waals surface area contributed by atoms with E-state index < -0.39 is 23.5 Å². The molecule has 0 spiro atoms. The summed E-state index contributed by atoms with van der Waals surface area (Å²) in [4.78, 5) is 31.6. The number of hydrogen-bond donors (Lipinski definition) is 3. The molecule has 13 heteroatoms. The second-order valence-electron chi connectivity index (χ2n) is 9.05. The quantitative estimate of drug-likeness (QED) is 0.358. The van der Waals surface area contributed by atoms with Gasteiger partial charge in [-0.25, -0.2) is 4.98 Å². The van der Waals surface area contributed by atoms with Crippen LogP contribution in [-0.2, 0) is 11.3 Å². The fourth-order valence-electron chi connectivity index (χ4n) is 3.84. The molecule has 188 valence electrons. The molecule has 36 heavy (non-hydrogen) atoms. The van der Waals surface area contributed by atoms with Crippen molar-refractivity contribution in [2.75, 3.05) is 17.3 Å².